The zero-order valence-corrected chi connectivity index (χ0v) is 27.7. The van der Waals surface area contributed by atoms with E-state index in [4.69, 9.17) is 0 Å². The maximum absolute atomic E-state index is 2.47. The van der Waals surface area contributed by atoms with E-state index in [-0.39, 0.29) is 0 Å². The predicted molar refractivity (Wildman–Crippen MR) is 215 cm³/mol. The van der Waals surface area contributed by atoms with Crippen LogP contribution in [0.2, 0.25) is 0 Å². The van der Waals surface area contributed by atoms with Crippen LogP contribution in [0.1, 0.15) is 0 Å². The third kappa shape index (κ3) is 4.06. The van der Waals surface area contributed by atoms with Gasteiger partial charge in [0.1, 0.15) is 0 Å². The predicted octanol–water partition coefficient (Wildman–Crippen LogP) is 12.6. The van der Waals surface area contributed by atoms with Crippen LogP contribution in [0, 0.1) is 0 Å². The van der Waals surface area contributed by atoms with Crippen molar-refractivity contribution in [2.75, 3.05) is 0 Å². The molecule has 238 valence electrons. The highest BCUT2D eigenvalue weighted by atomic mass is 15.0. The van der Waals surface area contributed by atoms with Crippen molar-refractivity contribution in [2.24, 2.45) is 0 Å². The summed E-state index contributed by atoms with van der Waals surface area (Å²) < 4.78 is 7.28. The molecule has 0 aliphatic rings. The number of nitrogens with zero attached hydrogens (tertiary/aromatic N) is 3. The molecule has 0 unspecified atom stereocenters. The van der Waals surface area contributed by atoms with Crippen molar-refractivity contribution in [3.8, 4) is 28.2 Å². The van der Waals surface area contributed by atoms with Crippen molar-refractivity contribution >= 4 is 65.4 Å². The van der Waals surface area contributed by atoms with E-state index in [1.54, 1.807) is 0 Å². The maximum atomic E-state index is 2.47. The minimum absolute atomic E-state index is 1.15. The Hall–Kier alpha value is -6.84. The van der Waals surface area contributed by atoms with Crippen LogP contribution in [0.5, 0.6) is 0 Å². The van der Waals surface area contributed by atoms with Crippen molar-refractivity contribution in [3.63, 3.8) is 0 Å². The highest BCUT2D eigenvalue weighted by molar-refractivity contribution is 6.19. The lowest BCUT2D eigenvalue weighted by Gasteiger charge is -2.16. The molecule has 0 saturated heterocycles. The fraction of sp³-hybridized carbons (Fsp3) is 0. The first-order chi connectivity index (χ1) is 25.3. The first-order valence-electron chi connectivity index (χ1n) is 17.5. The molecule has 51 heavy (non-hydrogen) atoms. The average molecular weight is 650 g/mol. The van der Waals surface area contributed by atoms with Gasteiger partial charge in [-0.25, -0.2) is 0 Å². The molecule has 3 heteroatoms. The minimum atomic E-state index is 1.15. The van der Waals surface area contributed by atoms with Gasteiger partial charge in [0, 0.05) is 49.3 Å². The Balaban J connectivity index is 1.18. The number of hydrogen-bond donors (Lipinski definition) is 0. The van der Waals surface area contributed by atoms with Crippen LogP contribution in [0.15, 0.2) is 188 Å². The molecule has 0 atom stereocenters. The van der Waals surface area contributed by atoms with Crippen molar-refractivity contribution in [1.82, 2.24) is 13.7 Å². The fourth-order valence-corrected chi connectivity index (χ4v) is 8.47. The van der Waals surface area contributed by atoms with Crippen LogP contribution in [-0.4, -0.2) is 13.7 Å². The van der Waals surface area contributed by atoms with Crippen LogP contribution in [0.3, 0.4) is 0 Å². The molecule has 0 radical (unpaired) electrons. The molecular weight excluding hydrogens is 619 g/mol. The Labute approximate surface area is 294 Å². The zero-order chi connectivity index (χ0) is 33.5. The third-order valence-electron chi connectivity index (χ3n) is 10.6. The van der Waals surface area contributed by atoms with Gasteiger partial charge in [-0.15, -0.1) is 0 Å². The van der Waals surface area contributed by atoms with E-state index in [1.165, 1.54) is 82.2 Å². The highest BCUT2D eigenvalue weighted by Gasteiger charge is 2.20. The molecule has 0 aliphatic carbocycles. The van der Waals surface area contributed by atoms with Crippen molar-refractivity contribution in [3.05, 3.63) is 188 Å². The van der Waals surface area contributed by atoms with Gasteiger partial charge in [0.05, 0.1) is 38.8 Å². The minimum Gasteiger partial charge on any atom is -0.309 e. The Kier molecular flexibility index (Phi) is 5.96. The van der Waals surface area contributed by atoms with Crippen molar-refractivity contribution < 1.29 is 0 Å². The molecule has 0 fully saturated rings. The van der Waals surface area contributed by atoms with Gasteiger partial charge in [0.15, 0.2) is 0 Å². The van der Waals surface area contributed by atoms with Crippen molar-refractivity contribution in [2.45, 2.75) is 0 Å². The van der Waals surface area contributed by atoms with E-state index in [1.807, 2.05) is 0 Å². The number of aromatic nitrogens is 3. The Morgan fingerprint density at radius 3 is 1.29 bits per heavy atom. The molecular formula is C48H31N3. The first-order valence-corrected chi connectivity index (χ1v) is 17.5. The Bertz CT molecular complexity index is 3080. The second kappa shape index (κ2) is 10.8. The number of rotatable bonds is 4. The molecule has 0 spiro atoms. The summed E-state index contributed by atoms with van der Waals surface area (Å²) in [6.45, 7) is 0. The molecule has 0 amide bonds. The van der Waals surface area contributed by atoms with Crippen LogP contribution in [-0.2, 0) is 0 Å². The number of benzene rings is 8. The molecule has 11 aromatic rings. The fourth-order valence-electron chi connectivity index (χ4n) is 8.47. The van der Waals surface area contributed by atoms with E-state index in [0.29, 0.717) is 0 Å². The molecule has 0 N–H and O–H groups in total. The number of hydrogen-bond acceptors (Lipinski definition) is 0. The summed E-state index contributed by atoms with van der Waals surface area (Å²) in [5.41, 5.74) is 13.1. The number of fused-ring (bicyclic) bond motifs is 9. The summed E-state index contributed by atoms with van der Waals surface area (Å²) in [6.07, 6.45) is 0. The van der Waals surface area contributed by atoms with E-state index in [9.17, 15) is 0 Å². The van der Waals surface area contributed by atoms with Gasteiger partial charge >= 0.3 is 0 Å². The summed E-state index contributed by atoms with van der Waals surface area (Å²) in [4.78, 5) is 0. The van der Waals surface area contributed by atoms with Crippen LogP contribution < -0.4 is 0 Å². The molecule has 0 saturated carbocycles. The zero-order valence-electron chi connectivity index (χ0n) is 27.7. The molecule has 3 heterocycles. The summed E-state index contributed by atoms with van der Waals surface area (Å²) >= 11 is 0. The second-order valence-corrected chi connectivity index (χ2v) is 13.4. The van der Waals surface area contributed by atoms with Gasteiger partial charge in [0.25, 0.3) is 0 Å². The van der Waals surface area contributed by atoms with Crippen LogP contribution in [0.4, 0.5) is 0 Å². The largest absolute Gasteiger partial charge is 0.309 e. The van der Waals surface area contributed by atoms with E-state index >= 15 is 0 Å². The molecule has 8 aromatic carbocycles. The van der Waals surface area contributed by atoms with Gasteiger partial charge < -0.3 is 13.7 Å². The SMILES string of the molecule is c1ccc(-n2c3ccccc3c3cc4c(cc32)c2ccccc2n4-c2ccccc2-c2cccc(-n3c4ccccc4c4ccccc43)c2)cc1. The standard InChI is InChI=1S/C48H31N3/c1-2-16-33(17-3-1)49-45-27-12-7-22-38(45)40-31-48-41(30-47(40)49)39-23-8-13-28-46(39)51(48)42-24-9-4-19-35(42)32-15-14-18-34(29-32)50-43-25-10-5-20-36(43)37-21-6-11-26-44(37)50/h1-31H. The number of para-hydroxylation sites is 6. The Morgan fingerprint density at radius 1 is 0.255 bits per heavy atom. The summed E-state index contributed by atoms with van der Waals surface area (Å²) in [6, 6.07) is 68.4. The normalized spacial score (nSPS) is 11.9. The highest BCUT2D eigenvalue weighted by Crippen LogP contribution is 2.41. The summed E-state index contributed by atoms with van der Waals surface area (Å²) in [7, 11) is 0. The van der Waals surface area contributed by atoms with Gasteiger partial charge in [-0.1, -0.05) is 121 Å². The lowest BCUT2D eigenvalue weighted by molar-refractivity contribution is 1.17. The summed E-state index contributed by atoms with van der Waals surface area (Å²) in [5.74, 6) is 0. The van der Waals surface area contributed by atoms with Crippen LogP contribution >= 0.6 is 0 Å². The molecule has 0 bridgehead atoms. The third-order valence-corrected chi connectivity index (χ3v) is 10.6. The molecule has 3 nitrogen and oxygen atoms in total. The van der Waals surface area contributed by atoms with E-state index in [0.717, 1.165) is 11.4 Å². The van der Waals surface area contributed by atoms with Crippen molar-refractivity contribution in [1.29, 1.82) is 0 Å². The maximum Gasteiger partial charge on any atom is 0.0549 e. The van der Waals surface area contributed by atoms with Gasteiger partial charge in [-0.3, -0.25) is 0 Å². The molecule has 0 aliphatic heterocycles. The second-order valence-electron chi connectivity index (χ2n) is 13.4. The molecule has 11 rings (SSSR count). The topological polar surface area (TPSA) is 14.8 Å². The average Bonchev–Trinajstić information content (AvgIpc) is 3.83. The van der Waals surface area contributed by atoms with E-state index < -0.39 is 0 Å². The van der Waals surface area contributed by atoms with Crippen LogP contribution in [0.25, 0.3) is 93.6 Å². The van der Waals surface area contributed by atoms with E-state index in [2.05, 4.69) is 202 Å². The monoisotopic (exact) mass is 649 g/mol. The summed E-state index contributed by atoms with van der Waals surface area (Å²) in [5, 5.41) is 7.52. The smallest absolute Gasteiger partial charge is 0.0549 e. The Morgan fingerprint density at radius 2 is 0.686 bits per heavy atom. The van der Waals surface area contributed by atoms with Gasteiger partial charge in [0.2, 0.25) is 0 Å². The van der Waals surface area contributed by atoms with Gasteiger partial charge in [-0.05, 0) is 72.3 Å². The van der Waals surface area contributed by atoms with Gasteiger partial charge in [-0.2, -0.15) is 0 Å². The first kappa shape index (κ1) is 28.0. The molecule has 3 aromatic heterocycles. The lowest BCUT2D eigenvalue weighted by atomic mass is 10.0. The lowest BCUT2D eigenvalue weighted by Crippen LogP contribution is -1.98. The quantitative estimate of drug-likeness (QED) is 0.180.